The van der Waals surface area contributed by atoms with Gasteiger partial charge in [-0.15, -0.1) is 0 Å². The monoisotopic (exact) mass is 272 g/mol. The van der Waals surface area contributed by atoms with Gasteiger partial charge in [0.05, 0.1) is 16.6 Å². The molecular weight excluding hydrogens is 263 g/mol. The summed E-state index contributed by atoms with van der Waals surface area (Å²) in [4.78, 5) is 10.2. The minimum atomic E-state index is -0.581. The van der Waals surface area contributed by atoms with Crippen molar-refractivity contribution >= 4 is 5.69 Å². The average Bonchev–Trinajstić information content (AvgIpc) is 2.46. The van der Waals surface area contributed by atoms with Crippen LogP contribution in [0, 0.1) is 27.3 Å². The maximum atomic E-state index is 13.6. The van der Waals surface area contributed by atoms with E-state index in [1.165, 1.54) is 30.3 Å². The number of nitrogens with zero attached hydrogens (tertiary/aromatic N) is 2. The molecule has 2 aromatic rings. The van der Waals surface area contributed by atoms with Gasteiger partial charge in [-0.25, -0.2) is 4.39 Å². The highest BCUT2D eigenvalue weighted by Crippen LogP contribution is 2.26. The maximum Gasteiger partial charge on any atom is 0.310 e. The van der Waals surface area contributed by atoms with Crippen LogP contribution in [0.15, 0.2) is 42.5 Å². The fourth-order valence-corrected chi connectivity index (χ4v) is 1.62. The molecule has 0 fully saturated rings. The van der Waals surface area contributed by atoms with E-state index in [-0.39, 0.29) is 29.2 Å². The molecule has 5 nitrogen and oxygen atoms in total. The third-order valence-corrected chi connectivity index (χ3v) is 2.63. The molecule has 6 heteroatoms. The largest absolute Gasteiger partial charge is 0.482 e. The van der Waals surface area contributed by atoms with Crippen LogP contribution >= 0.6 is 0 Å². The summed E-state index contributed by atoms with van der Waals surface area (Å²) in [7, 11) is 0. The Morgan fingerprint density at radius 2 is 2.05 bits per heavy atom. The normalized spacial score (nSPS) is 9.80. The molecule has 0 bridgehead atoms. The van der Waals surface area contributed by atoms with Crippen molar-refractivity contribution in [2.45, 2.75) is 6.61 Å². The summed E-state index contributed by atoms with van der Waals surface area (Å²) >= 11 is 0. The Morgan fingerprint density at radius 1 is 1.30 bits per heavy atom. The predicted molar refractivity (Wildman–Crippen MR) is 68.5 cm³/mol. The van der Waals surface area contributed by atoms with E-state index in [4.69, 9.17) is 10.00 Å². The molecule has 100 valence electrons. The zero-order valence-electron chi connectivity index (χ0n) is 10.2. The second-order valence-electron chi connectivity index (χ2n) is 3.93. The van der Waals surface area contributed by atoms with Gasteiger partial charge in [-0.05, 0) is 18.2 Å². The molecule has 0 unspecified atom stereocenters. The number of hydrogen-bond donors (Lipinski definition) is 0. The number of hydrogen-bond acceptors (Lipinski definition) is 4. The first-order valence-electron chi connectivity index (χ1n) is 5.66. The van der Waals surface area contributed by atoms with Crippen LogP contribution in [0.1, 0.15) is 11.1 Å². The quantitative estimate of drug-likeness (QED) is 0.632. The third kappa shape index (κ3) is 2.90. The molecule has 0 spiro atoms. The molecule has 0 saturated carbocycles. The standard InChI is InChI=1S/C14H9FN2O3/c15-12-7-10(8-16)5-6-11(12)9-20-14-4-2-1-3-13(14)17(18)19/h1-7H,9H2. The molecule has 20 heavy (non-hydrogen) atoms. The van der Waals surface area contributed by atoms with Gasteiger partial charge in [0, 0.05) is 11.6 Å². The van der Waals surface area contributed by atoms with Crippen molar-refractivity contribution in [2.24, 2.45) is 0 Å². The Bertz CT molecular complexity index is 695. The fraction of sp³-hybridized carbons (Fsp3) is 0.0714. The number of rotatable bonds is 4. The third-order valence-electron chi connectivity index (χ3n) is 2.63. The van der Waals surface area contributed by atoms with Crippen molar-refractivity contribution < 1.29 is 14.1 Å². The van der Waals surface area contributed by atoms with Gasteiger partial charge in [-0.1, -0.05) is 18.2 Å². The molecule has 2 rings (SSSR count). The summed E-state index contributed by atoms with van der Waals surface area (Å²) in [5.74, 6) is -0.510. The number of para-hydroxylation sites is 2. The van der Waals surface area contributed by atoms with Crippen LogP contribution in [0.25, 0.3) is 0 Å². The van der Waals surface area contributed by atoms with Gasteiger partial charge in [0.15, 0.2) is 5.75 Å². The van der Waals surface area contributed by atoms with Crippen LogP contribution in [0.2, 0.25) is 0 Å². The van der Waals surface area contributed by atoms with Crippen LogP contribution in [0.5, 0.6) is 5.75 Å². The highest BCUT2D eigenvalue weighted by atomic mass is 19.1. The summed E-state index contributed by atoms with van der Waals surface area (Å²) in [6.45, 7) is -0.150. The number of ether oxygens (including phenoxy) is 1. The van der Waals surface area contributed by atoms with Crippen molar-refractivity contribution in [3.05, 3.63) is 69.5 Å². The first-order valence-corrected chi connectivity index (χ1v) is 5.66. The van der Waals surface area contributed by atoms with E-state index in [0.717, 1.165) is 6.07 Å². The molecule has 0 aliphatic rings. The Kier molecular flexibility index (Phi) is 3.91. The lowest BCUT2D eigenvalue weighted by Crippen LogP contribution is -2.01. The smallest absolute Gasteiger partial charge is 0.310 e. The molecular formula is C14H9FN2O3. The summed E-state index contributed by atoms with van der Waals surface area (Å²) in [6, 6.07) is 11.7. The first kappa shape index (κ1) is 13.5. The minimum Gasteiger partial charge on any atom is -0.482 e. The topological polar surface area (TPSA) is 76.2 Å². The van der Waals surface area contributed by atoms with Gasteiger partial charge in [0.2, 0.25) is 0 Å². The summed E-state index contributed by atoms with van der Waals surface area (Å²) in [6.07, 6.45) is 0. The number of nitro benzene ring substituents is 1. The van der Waals surface area contributed by atoms with Crippen molar-refractivity contribution in [3.63, 3.8) is 0 Å². The molecule has 2 aromatic carbocycles. The Labute approximate surface area is 114 Å². The van der Waals surface area contributed by atoms with Gasteiger partial charge in [-0.2, -0.15) is 5.26 Å². The number of nitro groups is 1. The molecule has 0 atom stereocenters. The Balaban J connectivity index is 2.18. The van der Waals surface area contributed by atoms with Gasteiger partial charge in [-0.3, -0.25) is 10.1 Å². The van der Waals surface area contributed by atoms with Crippen molar-refractivity contribution in [1.82, 2.24) is 0 Å². The van der Waals surface area contributed by atoms with Crippen LogP contribution in [0.3, 0.4) is 0 Å². The predicted octanol–water partition coefficient (Wildman–Crippen LogP) is 3.18. The maximum absolute atomic E-state index is 13.6. The van der Waals surface area contributed by atoms with E-state index in [1.54, 1.807) is 6.07 Å². The van der Waals surface area contributed by atoms with E-state index in [0.29, 0.717) is 0 Å². The number of nitriles is 1. The fourth-order valence-electron chi connectivity index (χ4n) is 1.62. The lowest BCUT2D eigenvalue weighted by atomic mass is 10.1. The Hall–Kier alpha value is -2.94. The lowest BCUT2D eigenvalue weighted by Gasteiger charge is -2.07. The zero-order chi connectivity index (χ0) is 14.5. The second-order valence-corrected chi connectivity index (χ2v) is 3.93. The number of halogens is 1. The van der Waals surface area contributed by atoms with Crippen LogP contribution in [-0.4, -0.2) is 4.92 Å². The van der Waals surface area contributed by atoms with Crippen LogP contribution in [-0.2, 0) is 6.61 Å². The van der Waals surface area contributed by atoms with Crippen LogP contribution < -0.4 is 4.74 Å². The van der Waals surface area contributed by atoms with Crippen molar-refractivity contribution in [2.75, 3.05) is 0 Å². The summed E-state index contributed by atoms with van der Waals surface area (Å²) < 4.78 is 18.9. The summed E-state index contributed by atoms with van der Waals surface area (Å²) in [5, 5.41) is 19.4. The molecule has 0 aliphatic carbocycles. The SMILES string of the molecule is N#Cc1ccc(COc2ccccc2[N+](=O)[O-])c(F)c1. The van der Waals surface area contributed by atoms with Crippen molar-refractivity contribution in [1.29, 1.82) is 5.26 Å². The average molecular weight is 272 g/mol. The van der Waals surface area contributed by atoms with Gasteiger partial charge < -0.3 is 4.74 Å². The zero-order valence-corrected chi connectivity index (χ0v) is 10.2. The van der Waals surface area contributed by atoms with E-state index in [1.807, 2.05) is 6.07 Å². The molecule has 0 heterocycles. The molecule has 0 amide bonds. The molecule has 0 radical (unpaired) electrons. The van der Waals surface area contributed by atoms with E-state index in [9.17, 15) is 14.5 Å². The highest BCUT2D eigenvalue weighted by molar-refractivity contribution is 5.45. The highest BCUT2D eigenvalue weighted by Gasteiger charge is 2.14. The van der Waals surface area contributed by atoms with E-state index < -0.39 is 10.7 Å². The molecule has 0 saturated heterocycles. The van der Waals surface area contributed by atoms with Crippen LogP contribution in [0.4, 0.5) is 10.1 Å². The first-order chi connectivity index (χ1) is 9.61. The van der Waals surface area contributed by atoms with Gasteiger partial charge in [0.25, 0.3) is 0 Å². The van der Waals surface area contributed by atoms with Gasteiger partial charge in [0.1, 0.15) is 12.4 Å². The van der Waals surface area contributed by atoms with Crippen molar-refractivity contribution in [3.8, 4) is 11.8 Å². The summed E-state index contributed by atoms with van der Waals surface area (Å²) in [5.41, 5.74) is 0.251. The Morgan fingerprint density at radius 3 is 2.70 bits per heavy atom. The second kappa shape index (κ2) is 5.80. The van der Waals surface area contributed by atoms with Gasteiger partial charge >= 0.3 is 5.69 Å². The lowest BCUT2D eigenvalue weighted by molar-refractivity contribution is -0.385. The molecule has 0 aromatic heterocycles. The number of benzene rings is 2. The molecule has 0 N–H and O–H groups in total. The minimum absolute atomic E-state index is 0.0706. The van der Waals surface area contributed by atoms with E-state index >= 15 is 0 Å². The molecule has 0 aliphatic heterocycles. The van der Waals surface area contributed by atoms with E-state index in [2.05, 4.69) is 0 Å².